The van der Waals surface area contributed by atoms with Gasteiger partial charge in [-0.3, -0.25) is 9.80 Å². The number of anilines is 1. The number of pyridine rings is 1. The SMILES string of the molecule is c1ccc(C(c2ccccc2)N2CC(N3CCN(c4ccccn4)CC3)C2)cc1. The summed E-state index contributed by atoms with van der Waals surface area (Å²) in [6.45, 7) is 6.64. The van der Waals surface area contributed by atoms with Crippen LogP contribution in [0.4, 0.5) is 5.82 Å². The fraction of sp³-hybridized carbons (Fsp3) is 0.320. The maximum Gasteiger partial charge on any atom is 0.128 e. The Labute approximate surface area is 173 Å². The zero-order valence-electron chi connectivity index (χ0n) is 16.8. The van der Waals surface area contributed by atoms with Crippen LogP contribution in [0.5, 0.6) is 0 Å². The van der Waals surface area contributed by atoms with Crippen LogP contribution in [0.3, 0.4) is 0 Å². The predicted molar refractivity (Wildman–Crippen MR) is 118 cm³/mol. The van der Waals surface area contributed by atoms with Gasteiger partial charge in [-0.15, -0.1) is 0 Å². The first-order valence-electron chi connectivity index (χ1n) is 10.6. The number of piperazine rings is 1. The smallest absolute Gasteiger partial charge is 0.128 e. The molecule has 4 nitrogen and oxygen atoms in total. The molecular weight excluding hydrogens is 356 g/mol. The highest BCUT2D eigenvalue weighted by molar-refractivity contribution is 5.38. The van der Waals surface area contributed by atoms with Gasteiger partial charge >= 0.3 is 0 Å². The van der Waals surface area contributed by atoms with E-state index in [1.54, 1.807) is 0 Å². The number of aromatic nitrogens is 1. The quantitative estimate of drug-likeness (QED) is 0.669. The van der Waals surface area contributed by atoms with Gasteiger partial charge in [0.1, 0.15) is 5.82 Å². The van der Waals surface area contributed by atoms with Crippen molar-refractivity contribution in [2.75, 3.05) is 44.2 Å². The Morgan fingerprint density at radius 1 is 0.690 bits per heavy atom. The lowest BCUT2D eigenvalue weighted by Crippen LogP contribution is -2.63. The summed E-state index contributed by atoms with van der Waals surface area (Å²) >= 11 is 0. The first kappa shape index (κ1) is 18.3. The maximum absolute atomic E-state index is 4.51. The number of likely N-dealkylation sites (tertiary alicyclic amines) is 1. The van der Waals surface area contributed by atoms with Crippen LogP contribution in [0.2, 0.25) is 0 Å². The van der Waals surface area contributed by atoms with Crippen molar-refractivity contribution in [1.82, 2.24) is 14.8 Å². The zero-order valence-corrected chi connectivity index (χ0v) is 16.8. The zero-order chi connectivity index (χ0) is 19.5. The van der Waals surface area contributed by atoms with Gasteiger partial charge in [0.25, 0.3) is 0 Å². The summed E-state index contributed by atoms with van der Waals surface area (Å²) in [5.41, 5.74) is 2.77. The summed E-state index contributed by atoms with van der Waals surface area (Å²) < 4.78 is 0. The second-order valence-corrected chi connectivity index (χ2v) is 8.04. The Hall–Kier alpha value is -2.69. The fourth-order valence-corrected chi connectivity index (χ4v) is 4.67. The summed E-state index contributed by atoms with van der Waals surface area (Å²) in [4.78, 5) is 12.2. The van der Waals surface area contributed by atoms with E-state index >= 15 is 0 Å². The molecule has 0 aliphatic carbocycles. The Morgan fingerprint density at radius 3 is 1.83 bits per heavy atom. The molecule has 0 atom stereocenters. The molecule has 4 heteroatoms. The third-order valence-electron chi connectivity index (χ3n) is 6.29. The number of nitrogens with zero attached hydrogens (tertiary/aromatic N) is 4. The number of hydrogen-bond donors (Lipinski definition) is 0. The highest BCUT2D eigenvalue weighted by atomic mass is 15.4. The Kier molecular flexibility index (Phi) is 5.29. The van der Waals surface area contributed by atoms with E-state index in [0.717, 1.165) is 45.1 Å². The average Bonchev–Trinajstić information content (AvgIpc) is 2.78. The normalized spacial score (nSPS) is 18.7. The summed E-state index contributed by atoms with van der Waals surface area (Å²) in [5.74, 6) is 1.11. The largest absolute Gasteiger partial charge is 0.354 e. The highest BCUT2D eigenvalue weighted by Gasteiger charge is 2.38. The summed E-state index contributed by atoms with van der Waals surface area (Å²) in [6, 6.07) is 29.0. The van der Waals surface area contributed by atoms with E-state index in [2.05, 4.69) is 92.5 Å². The highest BCUT2D eigenvalue weighted by Crippen LogP contribution is 2.33. The molecule has 2 aliphatic rings. The lowest BCUT2D eigenvalue weighted by molar-refractivity contribution is 0.0116. The van der Waals surface area contributed by atoms with Gasteiger partial charge in [0.2, 0.25) is 0 Å². The van der Waals surface area contributed by atoms with E-state index in [0.29, 0.717) is 12.1 Å². The maximum atomic E-state index is 4.51. The number of hydrogen-bond acceptors (Lipinski definition) is 4. The standard InChI is InChI=1S/C25H28N4/c1-3-9-21(10-4-1)25(22-11-5-2-6-12-22)29-19-23(20-29)27-15-17-28(18-16-27)24-13-7-8-14-26-24/h1-14,23,25H,15-20H2. The third kappa shape index (κ3) is 3.91. The predicted octanol–water partition coefficient (Wildman–Crippen LogP) is 3.68. The van der Waals surface area contributed by atoms with Crippen molar-refractivity contribution >= 4 is 5.82 Å². The van der Waals surface area contributed by atoms with Crippen LogP contribution in [0, 0.1) is 0 Å². The second kappa shape index (κ2) is 8.36. The fourth-order valence-electron chi connectivity index (χ4n) is 4.67. The molecule has 0 radical (unpaired) electrons. The molecule has 0 bridgehead atoms. The Balaban J connectivity index is 1.23. The van der Waals surface area contributed by atoms with E-state index in [4.69, 9.17) is 0 Å². The average molecular weight is 385 g/mol. The van der Waals surface area contributed by atoms with Crippen molar-refractivity contribution in [2.24, 2.45) is 0 Å². The minimum absolute atomic E-state index is 0.350. The van der Waals surface area contributed by atoms with E-state index in [1.165, 1.54) is 11.1 Å². The molecule has 2 fully saturated rings. The van der Waals surface area contributed by atoms with Crippen molar-refractivity contribution in [3.8, 4) is 0 Å². The lowest BCUT2D eigenvalue weighted by atomic mass is 9.92. The minimum Gasteiger partial charge on any atom is -0.354 e. The molecule has 3 heterocycles. The molecule has 148 valence electrons. The molecule has 2 aromatic carbocycles. The molecule has 0 unspecified atom stereocenters. The van der Waals surface area contributed by atoms with Gasteiger partial charge in [-0.25, -0.2) is 4.98 Å². The molecule has 1 aromatic heterocycles. The summed E-state index contributed by atoms with van der Waals surface area (Å²) in [6.07, 6.45) is 1.89. The Morgan fingerprint density at radius 2 is 1.28 bits per heavy atom. The van der Waals surface area contributed by atoms with Crippen LogP contribution >= 0.6 is 0 Å². The van der Waals surface area contributed by atoms with Gasteiger partial charge in [-0.2, -0.15) is 0 Å². The molecule has 5 rings (SSSR count). The second-order valence-electron chi connectivity index (χ2n) is 8.04. The van der Waals surface area contributed by atoms with Gasteiger partial charge < -0.3 is 4.90 Å². The van der Waals surface area contributed by atoms with Crippen molar-refractivity contribution < 1.29 is 0 Å². The van der Waals surface area contributed by atoms with Crippen LogP contribution < -0.4 is 4.90 Å². The van der Waals surface area contributed by atoms with Gasteiger partial charge in [-0.05, 0) is 23.3 Å². The van der Waals surface area contributed by atoms with E-state index in [1.807, 2.05) is 12.3 Å². The molecule has 3 aromatic rings. The van der Waals surface area contributed by atoms with E-state index in [-0.39, 0.29) is 0 Å². The van der Waals surface area contributed by atoms with Crippen molar-refractivity contribution in [3.05, 3.63) is 96.2 Å². The molecule has 0 amide bonds. The molecule has 2 aliphatic heterocycles. The van der Waals surface area contributed by atoms with E-state index < -0.39 is 0 Å². The molecule has 2 saturated heterocycles. The van der Waals surface area contributed by atoms with Crippen molar-refractivity contribution in [1.29, 1.82) is 0 Å². The molecule has 29 heavy (non-hydrogen) atoms. The molecule has 0 spiro atoms. The molecule has 0 N–H and O–H groups in total. The van der Waals surface area contributed by atoms with Gasteiger partial charge in [0, 0.05) is 51.5 Å². The van der Waals surface area contributed by atoms with Crippen LogP contribution in [0.25, 0.3) is 0 Å². The van der Waals surface area contributed by atoms with Crippen LogP contribution in [0.15, 0.2) is 85.1 Å². The van der Waals surface area contributed by atoms with Crippen molar-refractivity contribution in [2.45, 2.75) is 12.1 Å². The van der Waals surface area contributed by atoms with Crippen LogP contribution in [0.1, 0.15) is 17.2 Å². The lowest BCUT2D eigenvalue weighted by Gasteiger charge is -2.51. The van der Waals surface area contributed by atoms with Crippen LogP contribution in [-0.2, 0) is 0 Å². The van der Waals surface area contributed by atoms with Crippen molar-refractivity contribution in [3.63, 3.8) is 0 Å². The van der Waals surface area contributed by atoms with Crippen LogP contribution in [-0.4, -0.2) is 60.1 Å². The molecular formula is C25H28N4. The summed E-state index contributed by atoms with van der Waals surface area (Å²) in [5, 5.41) is 0. The van der Waals surface area contributed by atoms with Gasteiger partial charge in [0.15, 0.2) is 0 Å². The van der Waals surface area contributed by atoms with Gasteiger partial charge in [-0.1, -0.05) is 66.7 Å². The number of rotatable bonds is 5. The van der Waals surface area contributed by atoms with E-state index in [9.17, 15) is 0 Å². The summed E-state index contributed by atoms with van der Waals surface area (Å²) in [7, 11) is 0. The first-order valence-corrected chi connectivity index (χ1v) is 10.6. The monoisotopic (exact) mass is 384 g/mol. The minimum atomic E-state index is 0.350. The van der Waals surface area contributed by atoms with Gasteiger partial charge in [0.05, 0.1) is 6.04 Å². The Bertz CT molecular complexity index is 846. The first-order chi connectivity index (χ1) is 14.4. The molecule has 0 saturated carbocycles. The third-order valence-corrected chi connectivity index (χ3v) is 6.29. The number of benzene rings is 2. The topological polar surface area (TPSA) is 22.6 Å².